The van der Waals surface area contributed by atoms with Crippen LogP contribution in [0.1, 0.15) is 104 Å². The Morgan fingerprint density at radius 2 is 1.50 bits per heavy atom. The van der Waals surface area contributed by atoms with E-state index in [1.807, 2.05) is 0 Å². The van der Waals surface area contributed by atoms with E-state index in [0.29, 0.717) is 0 Å². The SMILES string of the molecule is CCCCCCCCC1NCCCCCCCC1CC. The summed E-state index contributed by atoms with van der Waals surface area (Å²) in [7, 11) is 0. The molecule has 1 aliphatic rings. The lowest BCUT2D eigenvalue weighted by Gasteiger charge is -2.28. The first kappa shape index (κ1) is 18.0. The molecular weight excluding hydrogens is 242 g/mol. The number of unbranched alkanes of at least 4 members (excludes halogenated alkanes) is 5. The van der Waals surface area contributed by atoms with Gasteiger partial charge in [0, 0.05) is 6.04 Å². The Hall–Kier alpha value is -0.0400. The van der Waals surface area contributed by atoms with Gasteiger partial charge in [0.05, 0.1) is 0 Å². The first-order valence-electron chi connectivity index (χ1n) is 9.61. The largest absolute Gasteiger partial charge is 0.314 e. The molecule has 1 saturated heterocycles. The van der Waals surface area contributed by atoms with Crippen LogP contribution in [0.15, 0.2) is 0 Å². The van der Waals surface area contributed by atoms with Crippen LogP contribution in [0, 0.1) is 5.92 Å². The minimum atomic E-state index is 0.810. The third kappa shape index (κ3) is 8.29. The quantitative estimate of drug-likeness (QED) is 0.532. The average Bonchev–Trinajstić information content (AvgIpc) is 2.48. The van der Waals surface area contributed by atoms with Gasteiger partial charge in [-0.2, -0.15) is 0 Å². The molecule has 20 heavy (non-hydrogen) atoms. The fourth-order valence-corrected chi connectivity index (χ4v) is 3.69. The molecule has 1 nitrogen and oxygen atoms in total. The van der Waals surface area contributed by atoms with Crippen LogP contribution < -0.4 is 5.32 Å². The van der Waals surface area contributed by atoms with E-state index in [2.05, 4.69) is 19.2 Å². The highest BCUT2D eigenvalue weighted by molar-refractivity contribution is 4.77. The third-order valence-corrected chi connectivity index (χ3v) is 5.12. The molecule has 0 bridgehead atoms. The summed E-state index contributed by atoms with van der Waals surface area (Å²) >= 11 is 0. The molecule has 0 amide bonds. The van der Waals surface area contributed by atoms with E-state index >= 15 is 0 Å². The summed E-state index contributed by atoms with van der Waals surface area (Å²) in [6.07, 6.45) is 20.1. The van der Waals surface area contributed by atoms with Crippen molar-refractivity contribution in [3.63, 3.8) is 0 Å². The molecule has 0 saturated carbocycles. The van der Waals surface area contributed by atoms with Gasteiger partial charge in [-0.1, -0.05) is 84.5 Å². The number of nitrogens with one attached hydrogen (secondary N) is 1. The highest BCUT2D eigenvalue weighted by Crippen LogP contribution is 2.23. The van der Waals surface area contributed by atoms with Gasteiger partial charge in [-0.25, -0.2) is 0 Å². The second kappa shape index (κ2) is 12.7. The van der Waals surface area contributed by atoms with E-state index in [4.69, 9.17) is 0 Å². The van der Waals surface area contributed by atoms with Gasteiger partial charge in [0.1, 0.15) is 0 Å². The second-order valence-electron chi connectivity index (χ2n) is 6.84. The molecule has 0 radical (unpaired) electrons. The van der Waals surface area contributed by atoms with Crippen molar-refractivity contribution in [3.8, 4) is 0 Å². The highest BCUT2D eigenvalue weighted by atomic mass is 14.9. The Balaban J connectivity index is 2.24. The zero-order valence-corrected chi connectivity index (χ0v) is 14.3. The maximum Gasteiger partial charge on any atom is 0.00952 e. The van der Waals surface area contributed by atoms with E-state index < -0.39 is 0 Å². The van der Waals surface area contributed by atoms with Crippen LogP contribution in [0.3, 0.4) is 0 Å². The Kier molecular flexibility index (Phi) is 11.4. The standard InChI is InChI=1S/C19H39N/c1-3-5-6-7-10-13-16-19-18(4-2)15-12-9-8-11-14-17-20-19/h18-20H,3-17H2,1-2H3. The van der Waals surface area contributed by atoms with Crippen LogP contribution in [0.2, 0.25) is 0 Å². The van der Waals surface area contributed by atoms with E-state index in [9.17, 15) is 0 Å². The van der Waals surface area contributed by atoms with Gasteiger partial charge in [0.15, 0.2) is 0 Å². The molecule has 1 fully saturated rings. The summed E-state index contributed by atoms with van der Waals surface area (Å²) in [5, 5.41) is 3.89. The smallest absolute Gasteiger partial charge is 0.00952 e. The number of rotatable bonds is 8. The lowest BCUT2D eigenvalue weighted by Crippen LogP contribution is -2.37. The molecule has 0 aromatic carbocycles. The first-order chi connectivity index (χ1) is 9.88. The predicted molar refractivity (Wildman–Crippen MR) is 91.3 cm³/mol. The minimum Gasteiger partial charge on any atom is -0.314 e. The highest BCUT2D eigenvalue weighted by Gasteiger charge is 2.19. The van der Waals surface area contributed by atoms with Gasteiger partial charge in [0.25, 0.3) is 0 Å². The lowest BCUT2D eigenvalue weighted by atomic mass is 9.87. The fraction of sp³-hybridized carbons (Fsp3) is 1.00. The van der Waals surface area contributed by atoms with Crippen molar-refractivity contribution in [1.82, 2.24) is 5.32 Å². The van der Waals surface area contributed by atoms with Gasteiger partial charge in [0.2, 0.25) is 0 Å². The van der Waals surface area contributed by atoms with Crippen molar-refractivity contribution in [2.75, 3.05) is 6.54 Å². The summed E-state index contributed by atoms with van der Waals surface area (Å²) < 4.78 is 0. The molecule has 0 aromatic heterocycles. The zero-order valence-electron chi connectivity index (χ0n) is 14.3. The average molecular weight is 282 g/mol. The van der Waals surface area contributed by atoms with Crippen molar-refractivity contribution in [3.05, 3.63) is 0 Å². The summed E-state index contributed by atoms with van der Waals surface area (Å²) in [4.78, 5) is 0. The Morgan fingerprint density at radius 1 is 0.800 bits per heavy atom. The van der Waals surface area contributed by atoms with E-state index in [-0.39, 0.29) is 0 Å². The molecule has 0 aliphatic carbocycles. The molecule has 0 aromatic rings. The molecular formula is C19H39N. The van der Waals surface area contributed by atoms with Gasteiger partial charge in [-0.05, 0) is 31.7 Å². The molecule has 0 spiro atoms. The van der Waals surface area contributed by atoms with Crippen LogP contribution in [0.4, 0.5) is 0 Å². The monoisotopic (exact) mass is 281 g/mol. The fourth-order valence-electron chi connectivity index (χ4n) is 3.69. The molecule has 1 rings (SSSR count). The van der Waals surface area contributed by atoms with E-state index in [0.717, 1.165) is 12.0 Å². The van der Waals surface area contributed by atoms with Crippen LogP contribution in [0.25, 0.3) is 0 Å². The van der Waals surface area contributed by atoms with E-state index in [1.54, 1.807) is 0 Å². The molecule has 2 unspecified atom stereocenters. The van der Waals surface area contributed by atoms with Crippen LogP contribution in [-0.4, -0.2) is 12.6 Å². The second-order valence-corrected chi connectivity index (χ2v) is 6.84. The summed E-state index contributed by atoms with van der Waals surface area (Å²) in [6, 6.07) is 0.810. The van der Waals surface area contributed by atoms with Crippen molar-refractivity contribution >= 4 is 0 Å². The van der Waals surface area contributed by atoms with Crippen molar-refractivity contribution in [2.45, 2.75) is 110 Å². The Bertz CT molecular complexity index is 202. The van der Waals surface area contributed by atoms with Crippen molar-refractivity contribution in [1.29, 1.82) is 0 Å². The van der Waals surface area contributed by atoms with Crippen LogP contribution >= 0.6 is 0 Å². The van der Waals surface area contributed by atoms with Gasteiger partial charge in [-0.3, -0.25) is 0 Å². The lowest BCUT2D eigenvalue weighted by molar-refractivity contribution is 0.285. The topological polar surface area (TPSA) is 12.0 Å². The Morgan fingerprint density at radius 3 is 2.30 bits per heavy atom. The summed E-state index contributed by atoms with van der Waals surface area (Å²) in [6.45, 7) is 5.96. The summed E-state index contributed by atoms with van der Waals surface area (Å²) in [5.74, 6) is 0.934. The molecule has 1 N–H and O–H groups in total. The molecule has 2 atom stereocenters. The Labute approximate surface area is 128 Å². The first-order valence-corrected chi connectivity index (χ1v) is 9.61. The molecule has 120 valence electrons. The number of hydrogen-bond acceptors (Lipinski definition) is 1. The maximum absolute atomic E-state index is 3.89. The zero-order chi connectivity index (χ0) is 14.5. The van der Waals surface area contributed by atoms with Crippen LogP contribution in [0.5, 0.6) is 0 Å². The molecule has 1 heterocycles. The predicted octanol–water partition coefficient (Wildman–Crippen LogP) is 6.08. The van der Waals surface area contributed by atoms with Gasteiger partial charge >= 0.3 is 0 Å². The van der Waals surface area contributed by atoms with Crippen LogP contribution in [-0.2, 0) is 0 Å². The van der Waals surface area contributed by atoms with Gasteiger partial charge < -0.3 is 5.32 Å². The third-order valence-electron chi connectivity index (χ3n) is 5.12. The number of hydrogen-bond donors (Lipinski definition) is 1. The maximum atomic E-state index is 3.89. The van der Waals surface area contributed by atoms with Crippen molar-refractivity contribution in [2.24, 2.45) is 5.92 Å². The van der Waals surface area contributed by atoms with Crippen molar-refractivity contribution < 1.29 is 0 Å². The molecule has 1 heteroatoms. The minimum absolute atomic E-state index is 0.810. The molecule has 1 aliphatic heterocycles. The normalized spacial score (nSPS) is 25.5. The summed E-state index contributed by atoms with van der Waals surface area (Å²) in [5.41, 5.74) is 0. The van der Waals surface area contributed by atoms with E-state index in [1.165, 1.54) is 96.4 Å². The van der Waals surface area contributed by atoms with Gasteiger partial charge in [-0.15, -0.1) is 0 Å².